The molecule has 0 spiro atoms. The normalized spacial score (nSPS) is 15.5. The van der Waals surface area contributed by atoms with E-state index in [1.54, 1.807) is 24.3 Å². The summed E-state index contributed by atoms with van der Waals surface area (Å²) in [6, 6.07) is 7.71. The lowest BCUT2D eigenvalue weighted by atomic mass is 10.1. The molecule has 0 saturated carbocycles. The van der Waals surface area contributed by atoms with Crippen LogP contribution in [0.4, 0.5) is 9.18 Å². The fourth-order valence-corrected chi connectivity index (χ4v) is 4.01. The number of benzene rings is 1. The Hall–Kier alpha value is -2.39. The second-order valence-corrected chi connectivity index (χ2v) is 8.27. The fourth-order valence-electron chi connectivity index (χ4n) is 2.81. The zero-order valence-corrected chi connectivity index (χ0v) is 17.6. The molecule has 6 nitrogen and oxygen atoms in total. The van der Waals surface area contributed by atoms with E-state index in [0.29, 0.717) is 35.3 Å². The number of carbonyl (C=O) groups excluding carboxylic acids is 2. The van der Waals surface area contributed by atoms with Crippen molar-refractivity contribution in [2.24, 2.45) is 0 Å². The lowest BCUT2D eigenvalue weighted by Gasteiger charge is -2.11. The summed E-state index contributed by atoms with van der Waals surface area (Å²) in [5, 5.41) is 8.25. The maximum Gasteiger partial charge on any atom is 0.303 e. The van der Waals surface area contributed by atoms with Crippen molar-refractivity contribution < 1.29 is 28.3 Å². The van der Waals surface area contributed by atoms with Gasteiger partial charge in [-0.2, -0.15) is 0 Å². The largest absolute Gasteiger partial charge is 0.481 e. The molecule has 3 rings (SSSR count). The highest BCUT2D eigenvalue weighted by atomic mass is 79.9. The number of halogens is 2. The Kier molecular flexibility index (Phi) is 6.92. The van der Waals surface area contributed by atoms with Crippen LogP contribution in [0.5, 0.6) is 0 Å². The van der Waals surface area contributed by atoms with Gasteiger partial charge in [-0.05, 0) is 54.9 Å². The average Bonchev–Trinajstić information content (AvgIpc) is 3.23. The lowest BCUT2D eigenvalue weighted by Crippen LogP contribution is -2.29. The first kappa shape index (κ1) is 21.3. The molecule has 0 radical (unpaired) electrons. The molecule has 1 aromatic carbocycles. The van der Waals surface area contributed by atoms with Crippen LogP contribution in [0.1, 0.15) is 31.4 Å². The van der Waals surface area contributed by atoms with Gasteiger partial charge in [0.05, 0.1) is 10.5 Å². The molecule has 29 heavy (non-hydrogen) atoms. The predicted octanol–water partition coefficient (Wildman–Crippen LogP) is 5.53. The summed E-state index contributed by atoms with van der Waals surface area (Å²) >= 11 is 4.11. The quantitative estimate of drug-likeness (QED) is 0.393. The molecule has 1 N–H and O–H groups in total. The summed E-state index contributed by atoms with van der Waals surface area (Å²) in [4.78, 5) is 36.5. The molecule has 0 unspecified atom stereocenters. The number of hydrogen-bond donors (Lipinski definition) is 1. The standard InChI is InChI=1S/C20H17BrFNO5S/c21-12-5-7-15(22)14(10-12)16-8-6-13(28-16)11-17-19(26)23(20(27)29-17)9-3-1-2-4-18(24)25/h5-8,10-11H,1-4,9H2,(H,24,25). The number of rotatable bonds is 8. The molecule has 152 valence electrons. The van der Waals surface area contributed by atoms with Gasteiger partial charge in [0.15, 0.2) is 0 Å². The summed E-state index contributed by atoms with van der Waals surface area (Å²) < 4.78 is 20.4. The zero-order valence-electron chi connectivity index (χ0n) is 15.2. The molecule has 1 aliphatic rings. The smallest absolute Gasteiger partial charge is 0.303 e. The molecule has 1 aliphatic heterocycles. The molecule has 2 amide bonds. The van der Waals surface area contributed by atoms with Crippen molar-refractivity contribution in [1.29, 1.82) is 0 Å². The van der Waals surface area contributed by atoms with Crippen molar-refractivity contribution in [3.8, 4) is 11.3 Å². The number of aliphatic carboxylic acids is 1. The van der Waals surface area contributed by atoms with Gasteiger partial charge >= 0.3 is 5.97 Å². The molecule has 2 heterocycles. The minimum absolute atomic E-state index is 0.0706. The van der Waals surface area contributed by atoms with E-state index < -0.39 is 17.7 Å². The van der Waals surface area contributed by atoms with Crippen molar-refractivity contribution in [1.82, 2.24) is 4.90 Å². The minimum atomic E-state index is -0.861. The summed E-state index contributed by atoms with van der Waals surface area (Å²) in [7, 11) is 0. The van der Waals surface area contributed by atoms with Gasteiger partial charge in [-0.3, -0.25) is 19.3 Å². The topological polar surface area (TPSA) is 87.8 Å². The van der Waals surface area contributed by atoms with Gasteiger partial charge in [0.2, 0.25) is 0 Å². The predicted molar refractivity (Wildman–Crippen MR) is 111 cm³/mol. The van der Waals surface area contributed by atoms with E-state index in [2.05, 4.69) is 15.9 Å². The van der Waals surface area contributed by atoms with Gasteiger partial charge < -0.3 is 9.52 Å². The highest BCUT2D eigenvalue weighted by molar-refractivity contribution is 9.10. The molecule has 1 aromatic heterocycles. The zero-order chi connectivity index (χ0) is 21.0. The molecule has 2 aromatic rings. The highest BCUT2D eigenvalue weighted by Crippen LogP contribution is 2.34. The molecule has 0 bridgehead atoms. The summed E-state index contributed by atoms with van der Waals surface area (Å²) in [5.41, 5.74) is 0.286. The highest BCUT2D eigenvalue weighted by Gasteiger charge is 2.34. The number of amides is 2. The van der Waals surface area contributed by atoms with Crippen LogP contribution in [0.25, 0.3) is 17.4 Å². The summed E-state index contributed by atoms with van der Waals surface area (Å²) in [6.45, 7) is 0.244. The molecular weight excluding hydrogens is 465 g/mol. The SMILES string of the molecule is O=C(O)CCCCCN1C(=O)SC(=Cc2ccc(-c3cc(Br)ccc3F)o2)C1=O. The van der Waals surface area contributed by atoms with Crippen LogP contribution in [0, 0.1) is 5.82 Å². The minimum Gasteiger partial charge on any atom is -0.481 e. The van der Waals surface area contributed by atoms with Crippen LogP contribution in [-0.4, -0.2) is 33.7 Å². The Labute approximate surface area is 178 Å². The Morgan fingerprint density at radius 2 is 2.00 bits per heavy atom. The fraction of sp³-hybridized carbons (Fsp3) is 0.250. The van der Waals surface area contributed by atoms with E-state index in [0.717, 1.165) is 16.7 Å². The Balaban J connectivity index is 1.66. The first-order valence-corrected chi connectivity index (χ1v) is 10.5. The van der Waals surface area contributed by atoms with Crippen molar-refractivity contribution in [3.63, 3.8) is 0 Å². The number of unbranched alkanes of at least 4 members (excludes halogenated alkanes) is 2. The molecule has 0 atom stereocenters. The number of hydrogen-bond acceptors (Lipinski definition) is 5. The van der Waals surface area contributed by atoms with Gasteiger partial charge in [0.25, 0.3) is 11.1 Å². The summed E-state index contributed by atoms with van der Waals surface area (Å²) in [6.07, 6.45) is 3.21. The Morgan fingerprint density at radius 3 is 2.76 bits per heavy atom. The van der Waals surface area contributed by atoms with Crippen LogP contribution in [-0.2, 0) is 9.59 Å². The van der Waals surface area contributed by atoms with E-state index in [-0.39, 0.29) is 28.7 Å². The van der Waals surface area contributed by atoms with Crippen LogP contribution in [0.15, 0.2) is 44.1 Å². The van der Waals surface area contributed by atoms with Gasteiger partial charge in [-0.1, -0.05) is 22.4 Å². The molecule has 9 heteroatoms. The van der Waals surface area contributed by atoms with Crippen LogP contribution < -0.4 is 0 Å². The van der Waals surface area contributed by atoms with E-state index >= 15 is 0 Å². The van der Waals surface area contributed by atoms with Crippen molar-refractivity contribution in [3.05, 3.63) is 51.3 Å². The van der Waals surface area contributed by atoms with E-state index in [9.17, 15) is 18.8 Å². The van der Waals surface area contributed by atoms with E-state index in [1.807, 2.05) is 0 Å². The maximum absolute atomic E-state index is 14.0. The van der Waals surface area contributed by atoms with Crippen molar-refractivity contribution >= 4 is 50.9 Å². The number of carboxylic acids is 1. The second kappa shape index (κ2) is 9.41. The van der Waals surface area contributed by atoms with Gasteiger partial charge in [0.1, 0.15) is 17.3 Å². The number of thioether (sulfide) groups is 1. The molecule has 0 aliphatic carbocycles. The van der Waals surface area contributed by atoms with Crippen LogP contribution >= 0.6 is 27.7 Å². The maximum atomic E-state index is 14.0. The third kappa shape index (κ3) is 5.36. The first-order chi connectivity index (χ1) is 13.8. The number of imide groups is 1. The first-order valence-electron chi connectivity index (χ1n) is 8.87. The van der Waals surface area contributed by atoms with Crippen LogP contribution in [0.2, 0.25) is 0 Å². The van der Waals surface area contributed by atoms with E-state index in [1.165, 1.54) is 12.1 Å². The number of carboxylic acid groups (broad SMARTS) is 1. The third-order valence-corrected chi connectivity index (χ3v) is 5.64. The lowest BCUT2D eigenvalue weighted by molar-refractivity contribution is -0.137. The number of carbonyl (C=O) groups is 3. The molecular formula is C20H17BrFNO5S. The summed E-state index contributed by atoms with van der Waals surface area (Å²) in [5.74, 6) is -1.05. The molecule has 1 saturated heterocycles. The molecule has 1 fully saturated rings. The van der Waals surface area contributed by atoms with Crippen molar-refractivity contribution in [2.45, 2.75) is 25.7 Å². The van der Waals surface area contributed by atoms with Gasteiger partial charge in [-0.25, -0.2) is 4.39 Å². The second-order valence-electron chi connectivity index (χ2n) is 6.36. The van der Waals surface area contributed by atoms with E-state index in [4.69, 9.17) is 9.52 Å². The van der Waals surface area contributed by atoms with Gasteiger partial charge in [-0.15, -0.1) is 0 Å². The third-order valence-electron chi connectivity index (χ3n) is 4.24. The van der Waals surface area contributed by atoms with Gasteiger partial charge in [0, 0.05) is 23.5 Å². The Bertz CT molecular complexity index is 987. The van der Waals surface area contributed by atoms with Crippen LogP contribution in [0.3, 0.4) is 0 Å². The number of furan rings is 1. The average molecular weight is 482 g/mol. The van der Waals surface area contributed by atoms with Crippen molar-refractivity contribution in [2.75, 3.05) is 6.54 Å². The number of nitrogens with zero attached hydrogens (tertiary/aromatic N) is 1. The monoisotopic (exact) mass is 481 g/mol. The Morgan fingerprint density at radius 1 is 1.21 bits per heavy atom.